The number of aromatic nitrogens is 1. The molecule has 0 aliphatic rings. The van der Waals surface area contributed by atoms with Gasteiger partial charge in [-0.3, -0.25) is 0 Å². The smallest absolute Gasteiger partial charge is 0.390 e. The molecule has 10 heteroatoms. The van der Waals surface area contributed by atoms with Crippen LogP contribution in [0.1, 0.15) is 11.3 Å². The predicted octanol–water partition coefficient (Wildman–Crippen LogP) is 3.10. The van der Waals surface area contributed by atoms with Crippen LogP contribution in [0.25, 0.3) is 0 Å². The van der Waals surface area contributed by atoms with E-state index in [1.54, 1.807) is 0 Å². The number of halogens is 7. The summed E-state index contributed by atoms with van der Waals surface area (Å²) in [4.78, 5) is 3.02. The third-order valence-corrected chi connectivity index (χ3v) is 2.62. The number of rotatable bonds is 2. The Hall–Kier alpha value is -0.780. The maximum absolute atomic E-state index is 12.5. The van der Waals surface area contributed by atoms with E-state index in [9.17, 15) is 26.3 Å². The largest absolute Gasteiger partial charge is 0.574 e. The summed E-state index contributed by atoms with van der Waals surface area (Å²) in [6, 6.07) is 0.431. The number of aliphatic hydroxyl groups is 1. The molecule has 0 saturated carbocycles. The van der Waals surface area contributed by atoms with Crippen LogP contribution in [0.15, 0.2) is 6.07 Å². The lowest BCUT2D eigenvalue weighted by atomic mass is 10.2. The van der Waals surface area contributed by atoms with Crippen LogP contribution < -0.4 is 4.74 Å². The zero-order valence-electron chi connectivity index (χ0n) is 8.23. The zero-order chi connectivity index (χ0) is 14.1. The summed E-state index contributed by atoms with van der Waals surface area (Å²) in [5.41, 5.74) is -1.98. The van der Waals surface area contributed by atoms with Gasteiger partial charge in [-0.2, -0.15) is 13.2 Å². The van der Waals surface area contributed by atoms with Crippen LogP contribution >= 0.6 is 22.6 Å². The molecule has 0 fully saturated rings. The van der Waals surface area contributed by atoms with Gasteiger partial charge in [0, 0.05) is 3.57 Å². The third kappa shape index (κ3) is 3.86. The van der Waals surface area contributed by atoms with E-state index in [1.807, 2.05) is 0 Å². The molecule has 1 N–H and O–H groups in total. The first kappa shape index (κ1) is 15.3. The standard InChI is InChI=1S/C8H4F6INO2/c9-7(10,11)3-1-4(15)5(2-17)16-6(3)18-8(12,13)14/h1,17H,2H2. The summed E-state index contributed by atoms with van der Waals surface area (Å²) < 4.78 is 76.4. The Morgan fingerprint density at radius 1 is 1.22 bits per heavy atom. The molecule has 1 aromatic heterocycles. The molecule has 0 atom stereocenters. The Labute approximate surface area is 110 Å². The van der Waals surface area contributed by atoms with Crippen LogP contribution in [0.2, 0.25) is 0 Å². The summed E-state index contributed by atoms with van der Waals surface area (Å²) in [6.07, 6.45) is -10.3. The van der Waals surface area contributed by atoms with Crippen molar-refractivity contribution in [1.29, 1.82) is 0 Å². The lowest BCUT2D eigenvalue weighted by molar-refractivity contribution is -0.278. The highest BCUT2D eigenvalue weighted by molar-refractivity contribution is 14.1. The molecule has 1 aromatic rings. The zero-order valence-corrected chi connectivity index (χ0v) is 10.4. The van der Waals surface area contributed by atoms with Gasteiger partial charge in [0.2, 0.25) is 5.88 Å². The molecule has 0 bridgehead atoms. The molecule has 0 radical (unpaired) electrons. The van der Waals surface area contributed by atoms with E-state index < -0.39 is 30.6 Å². The van der Waals surface area contributed by atoms with E-state index in [4.69, 9.17) is 5.11 Å². The number of alkyl halides is 6. The summed E-state index contributed by atoms with van der Waals surface area (Å²) in [7, 11) is 0. The molecular formula is C8H4F6INO2. The van der Waals surface area contributed by atoms with Gasteiger partial charge in [-0.1, -0.05) is 0 Å². The van der Waals surface area contributed by atoms with Crippen LogP contribution in [0.4, 0.5) is 26.3 Å². The van der Waals surface area contributed by atoms with Crippen molar-refractivity contribution in [2.75, 3.05) is 0 Å². The molecule has 18 heavy (non-hydrogen) atoms. The molecule has 1 heterocycles. The molecule has 0 spiro atoms. The second kappa shape index (κ2) is 5.07. The molecule has 0 aliphatic heterocycles. The summed E-state index contributed by atoms with van der Waals surface area (Å²) >= 11 is 1.42. The van der Waals surface area contributed by atoms with Gasteiger partial charge in [-0.15, -0.1) is 13.2 Å². The van der Waals surface area contributed by atoms with Crippen molar-refractivity contribution in [1.82, 2.24) is 4.98 Å². The van der Waals surface area contributed by atoms with Gasteiger partial charge in [0.1, 0.15) is 5.56 Å². The predicted molar refractivity (Wildman–Crippen MR) is 54.6 cm³/mol. The van der Waals surface area contributed by atoms with Gasteiger partial charge in [0.15, 0.2) is 0 Å². The molecule has 0 amide bonds. The first-order valence-electron chi connectivity index (χ1n) is 4.18. The minimum atomic E-state index is -5.30. The van der Waals surface area contributed by atoms with Crippen molar-refractivity contribution in [2.24, 2.45) is 0 Å². The Bertz CT molecular complexity index is 444. The number of aliphatic hydroxyl groups excluding tert-OH is 1. The average Bonchev–Trinajstić information content (AvgIpc) is 2.16. The van der Waals surface area contributed by atoms with Crippen molar-refractivity contribution >= 4 is 22.6 Å². The molecule has 0 saturated heterocycles. The van der Waals surface area contributed by atoms with Gasteiger partial charge in [-0.05, 0) is 28.7 Å². The molecule has 0 aliphatic carbocycles. The topological polar surface area (TPSA) is 42.4 Å². The minimum Gasteiger partial charge on any atom is -0.390 e. The fraction of sp³-hybridized carbons (Fsp3) is 0.375. The maximum atomic E-state index is 12.5. The second-order valence-electron chi connectivity index (χ2n) is 2.97. The fourth-order valence-corrected chi connectivity index (χ4v) is 1.61. The second-order valence-corrected chi connectivity index (χ2v) is 4.14. The SMILES string of the molecule is OCc1nc(OC(F)(F)F)c(C(F)(F)F)cc1I. The molecular weight excluding hydrogens is 383 g/mol. The maximum Gasteiger partial charge on any atom is 0.574 e. The van der Waals surface area contributed by atoms with Crippen LogP contribution in [0.3, 0.4) is 0 Å². The first-order chi connectivity index (χ1) is 8.04. The number of pyridine rings is 1. The third-order valence-electron chi connectivity index (χ3n) is 1.68. The van der Waals surface area contributed by atoms with Crippen molar-refractivity contribution < 1.29 is 36.2 Å². The molecule has 1 rings (SSSR count). The molecule has 102 valence electrons. The minimum absolute atomic E-state index is 0.114. The number of hydrogen-bond donors (Lipinski definition) is 1. The van der Waals surface area contributed by atoms with E-state index in [0.717, 1.165) is 0 Å². The molecule has 0 unspecified atom stereocenters. The summed E-state index contributed by atoms with van der Waals surface area (Å²) in [5, 5.41) is 8.75. The number of ether oxygens (including phenoxy) is 1. The highest BCUT2D eigenvalue weighted by Crippen LogP contribution is 2.38. The van der Waals surface area contributed by atoms with Crippen LogP contribution in [0.5, 0.6) is 5.88 Å². The summed E-state index contributed by atoms with van der Waals surface area (Å²) in [6.45, 7) is -0.801. The Morgan fingerprint density at radius 3 is 2.17 bits per heavy atom. The van der Waals surface area contributed by atoms with Gasteiger partial charge < -0.3 is 9.84 Å². The van der Waals surface area contributed by atoms with Gasteiger partial charge in [-0.25, -0.2) is 4.98 Å². The number of hydrogen-bond acceptors (Lipinski definition) is 3. The van der Waals surface area contributed by atoms with E-state index >= 15 is 0 Å². The van der Waals surface area contributed by atoms with Crippen molar-refractivity contribution in [3.63, 3.8) is 0 Å². The van der Waals surface area contributed by atoms with Crippen LogP contribution in [-0.2, 0) is 12.8 Å². The van der Waals surface area contributed by atoms with Gasteiger partial charge >= 0.3 is 12.5 Å². The highest BCUT2D eigenvalue weighted by Gasteiger charge is 2.41. The Morgan fingerprint density at radius 2 is 1.78 bits per heavy atom. The van der Waals surface area contributed by atoms with E-state index in [0.29, 0.717) is 6.07 Å². The van der Waals surface area contributed by atoms with Crippen molar-refractivity contribution in [3.05, 3.63) is 20.9 Å². The average molecular weight is 387 g/mol. The highest BCUT2D eigenvalue weighted by atomic mass is 127. The van der Waals surface area contributed by atoms with E-state index in [2.05, 4.69) is 9.72 Å². The number of nitrogens with zero attached hydrogens (tertiary/aromatic N) is 1. The molecule has 3 nitrogen and oxygen atoms in total. The lowest BCUT2D eigenvalue weighted by Crippen LogP contribution is -2.22. The normalized spacial score (nSPS) is 12.7. The van der Waals surface area contributed by atoms with Crippen molar-refractivity contribution in [3.8, 4) is 5.88 Å². The Kier molecular flexibility index (Phi) is 4.30. The van der Waals surface area contributed by atoms with Gasteiger partial charge in [0.25, 0.3) is 0 Å². The van der Waals surface area contributed by atoms with Crippen molar-refractivity contribution in [2.45, 2.75) is 19.1 Å². The lowest BCUT2D eigenvalue weighted by Gasteiger charge is -2.15. The van der Waals surface area contributed by atoms with Crippen LogP contribution in [0, 0.1) is 3.57 Å². The summed E-state index contributed by atoms with van der Waals surface area (Å²) in [5.74, 6) is -1.63. The first-order valence-corrected chi connectivity index (χ1v) is 5.25. The van der Waals surface area contributed by atoms with E-state index in [-0.39, 0.29) is 9.26 Å². The fourth-order valence-electron chi connectivity index (χ4n) is 1.01. The molecule has 0 aromatic carbocycles. The Balaban J connectivity index is 3.35. The van der Waals surface area contributed by atoms with Crippen LogP contribution in [-0.4, -0.2) is 16.5 Å². The van der Waals surface area contributed by atoms with Gasteiger partial charge in [0.05, 0.1) is 12.3 Å². The van der Waals surface area contributed by atoms with E-state index in [1.165, 1.54) is 22.6 Å². The quantitative estimate of drug-likeness (QED) is 0.627. The monoisotopic (exact) mass is 387 g/mol.